The lowest BCUT2D eigenvalue weighted by Crippen LogP contribution is -2.35. The molecule has 22 heavy (non-hydrogen) atoms. The minimum Gasteiger partial charge on any atom is -0.355 e. The van der Waals surface area contributed by atoms with Crippen molar-refractivity contribution in [3.05, 3.63) is 34.3 Å². The van der Waals surface area contributed by atoms with E-state index in [2.05, 4.69) is 39.4 Å². The van der Waals surface area contributed by atoms with Gasteiger partial charge in [0.05, 0.1) is 0 Å². The van der Waals surface area contributed by atoms with Crippen LogP contribution in [0.25, 0.3) is 0 Å². The predicted molar refractivity (Wildman–Crippen MR) is 95.2 cm³/mol. The second-order valence-electron chi connectivity index (χ2n) is 6.63. The maximum atomic E-state index is 12.1. The molecule has 2 aliphatic carbocycles. The Labute approximate surface area is 147 Å². The van der Waals surface area contributed by atoms with Crippen molar-refractivity contribution in [2.45, 2.75) is 50.0 Å². The highest BCUT2D eigenvalue weighted by atomic mass is 79.9. The molecule has 122 valence electrons. The molecule has 0 saturated heterocycles. The first-order valence-corrected chi connectivity index (χ1v) is 8.67. The standard InChI is InChI=1S/C17H23BrN2O.ClH/c18-14-5-2-4-13(10-14)17(7-8-17)11-20-16(21)9-12-3-1-6-15(12)19;/h2,4-5,10,12,15H,1,3,6-9,11,19H2,(H,20,21);1H/t12-,15+;/m0./s1. The van der Waals surface area contributed by atoms with Crippen molar-refractivity contribution in [1.29, 1.82) is 0 Å². The van der Waals surface area contributed by atoms with Crippen molar-refractivity contribution < 1.29 is 4.79 Å². The van der Waals surface area contributed by atoms with E-state index in [-0.39, 0.29) is 29.8 Å². The van der Waals surface area contributed by atoms with Gasteiger partial charge in [-0.3, -0.25) is 4.79 Å². The van der Waals surface area contributed by atoms with Gasteiger partial charge in [-0.15, -0.1) is 12.4 Å². The zero-order valence-electron chi connectivity index (χ0n) is 12.7. The third-order valence-corrected chi connectivity index (χ3v) is 5.57. The fourth-order valence-corrected chi connectivity index (χ4v) is 3.83. The van der Waals surface area contributed by atoms with Gasteiger partial charge in [0.2, 0.25) is 5.91 Å². The highest BCUT2D eigenvalue weighted by molar-refractivity contribution is 9.10. The van der Waals surface area contributed by atoms with Crippen molar-refractivity contribution in [3.63, 3.8) is 0 Å². The first kappa shape index (κ1) is 17.8. The summed E-state index contributed by atoms with van der Waals surface area (Å²) in [6.07, 6.45) is 6.25. The van der Waals surface area contributed by atoms with E-state index >= 15 is 0 Å². The third kappa shape index (κ3) is 4.03. The lowest BCUT2D eigenvalue weighted by atomic mass is 9.95. The summed E-state index contributed by atoms with van der Waals surface area (Å²) in [6, 6.07) is 8.66. The first-order valence-electron chi connectivity index (χ1n) is 7.87. The first-order chi connectivity index (χ1) is 10.1. The molecular formula is C17H24BrClN2O. The van der Waals surface area contributed by atoms with E-state index in [9.17, 15) is 4.79 Å². The van der Waals surface area contributed by atoms with Gasteiger partial charge in [-0.2, -0.15) is 0 Å². The number of carbonyl (C=O) groups is 1. The van der Waals surface area contributed by atoms with Crippen LogP contribution in [0.1, 0.15) is 44.1 Å². The molecule has 2 aliphatic rings. The largest absolute Gasteiger partial charge is 0.355 e. The monoisotopic (exact) mass is 386 g/mol. The summed E-state index contributed by atoms with van der Waals surface area (Å²) in [6.45, 7) is 0.754. The molecule has 0 bridgehead atoms. The molecule has 1 aromatic carbocycles. The fraction of sp³-hybridized carbons (Fsp3) is 0.588. The van der Waals surface area contributed by atoms with E-state index < -0.39 is 0 Å². The van der Waals surface area contributed by atoms with Gasteiger partial charge in [-0.05, 0) is 49.3 Å². The maximum Gasteiger partial charge on any atom is 0.220 e. The summed E-state index contributed by atoms with van der Waals surface area (Å²) < 4.78 is 1.11. The Hall–Kier alpha value is -0.580. The van der Waals surface area contributed by atoms with E-state index in [1.54, 1.807) is 0 Å². The second-order valence-corrected chi connectivity index (χ2v) is 7.54. The highest BCUT2D eigenvalue weighted by Gasteiger charge is 2.44. The van der Waals surface area contributed by atoms with Crippen LogP contribution in [-0.2, 0) is 10.2 Å². The van der Waals surface area contributed by atoms with Crippen LogP contribution in [0.3, 0.4) is 0 Å². The Bertz CT molecular complexity index is 533. The average molecular weight is 388 g/mol. The van der Waals surface area contributed by atoms with Gasteiger partial charge >= 0.3 is 0 Å². The third-order valence-electron chi connectivity index (χ3n) is 5.08. The van der Waals surface area contributed by atoms with Gasteiger partial charge in [0.1, 0.15) is 0 Å². The van der Waals surface area contributed by atoms with Gasteiger partial charge in [-0.25, -0.2) is 0 Å². The molecule has 1 amide bonds. The van der Waals surface area contributed by atoms with Crippen LogP contribution in [0.5, 0.6) is 0 Å². The van der Waals surface area contributed by atoms with Gasteiger partial charge in [0.15, 0.2) is 0 Å². The van der Waals surface area contributed by atoms with E-state index in [0.29, 0.717) is 12.3 Å². The number of hydrogen-bond acceptors (Lipinski definition) is 2. The van der Waals surface area contributed by atoms with Gasteiger partial charge in [0, 0.05) is 28.9 Å². The van der Waals surface area contributed by atoms with E-state index in [0.717, 1.165) is 36.7 Å². The molecule has 0 heterocycles. The highest BCUT2D eigenvalue weighted by Crippen LogP contribution is 2.48. The summed E-state index contributed by atoms with van der Waals surface area (Å²) in [7, 11) is 0. The van der Waals surface area contributed by atoms with Gasteiger partial charge < -0.3 is 11.1 Å². The number of rotatable bonds is 5. The molecule has 0 aliphatic heterocycles. The van der Waals surface area contributed by atoms with Crippen LogP contribution in [-0.4, -0.2) is 18.5 Å². The van der Waals surface area contributed by atoms with Crippen molar-refractivity contribution in [2.75, 3.05) is 6.54 Å². The summed E-state index contributed by atoms with van der Waals surface area (Å²) >= 11 is 3.53. The SMILES string of the molecule is Cl.N[C@@H]1CCC[C@H]1CC(=O)NCC1(c2cccc(Br)c2)CC1. The van der Waals surface area contributed by atoms with Gasteiger partial charge in [0.25, 0.3) is 0 Å². The van der Waals surface area contributed by atoms with E-state index in [1.807, 2.05) is 6.07 Å². The van der Waals surface area contributed by atoms with Crippen LogP contribution in [0.15, 0.2) is 28.7 Å². The number of nitrogens with two attached hydrogens (primary N) is 1. The number of hydrogen-bond donors (Lipinski definition) is 2. The summed E-state index contributed by atoms with van der Waals surface area (Å²) in [5.41, 5.74) is 7.54. The Morgan fingerprint density at radius 1 is 1.36 bits per heavy atom. The summed E-state index contributed by atoms with van der Waals surface area (Å²) in [5.74, 6) is 0.546. The molecular weight excluding hydrogens is 364 g/mol. The molecule has 2 atom stereocenters. The topological polar surface area (TPSA) is 55.1 Å². The Balaban J connectivity index is 0.00000176. The molecule has 5 heteroatoms. The molecule has 3 nitrogen and oxygen atoms in total. The lowest BCUT2D eigenvalue weighted by molar-refractivity contribution is -0.122. The molecule has 2 saturated carbocycles. The predicted octanol–water partition coefficient (Wildman–Crippen LogP) is 3.54. The molecule has 3 N–H and O–H groups in total. The summed E-state index contributed by atoms with van der Waals surface area (Å²) in [4.78, 5) is 12.1. The molecule has 0 spiro atoms. The number of amides is 1. The molecule has 1 aromatic rings. The Kier molecular flexibility index (Phi) is 5.92. The lowest BCUT2D eigenvalue weighted by Gasteiger charge is -2.19. The van der Waals surface area contributed by atoms with E-state index in [1.165, 1.54) is 12.0 Å². The van der Waals surface area contributed by atoms with Crippen LogP contribution < -0.4 is 11.1 Å². The maximum absolute atomic E-state index is 12.1. The number of carbonyl (C=O) groups excluding carboxylic acids is 1. The average Bonchev–Trinajstić information content (AvgIpc) is 3.16. The van der Waals surface area contributed by atoms with Crippen molar-refractivity contribution >= 4 is 34.2 Å². The minimum atomic E-state index is 0. The normalized spacial score (nSPS) is 25.4. The van der Waals surface area contributed by atoms with Gasteiger partial charge in [-0.1, -0.05) is 34.5 Å². The Morgan fingerprint density at radius 2 is 2.14 bits per heavy atom. The fourth-order valence-electron chi connectivity index (χ4n) is 3.43. The quantitative estimate of drug-likeness (QED) is 0.812. The zero-order valence-corrected chi connectivity index (χ0v) is 15.1. The number of nitrogens with one attached hydrogen (secondary N) is 1. The smallest absolute Gasteiger partial charge is 0.220 e. The second kappa shape index (κ2) is 7.33. The Morgan fingerprint density at radius 3 is 2.73 bits per heavy atom. The minimum absolute atomic E-state index is 0. The van der Waals surface area contributed by atoms with Crippen molar-refractivity contribution in [1.82, 2.24) is 5.32 Å². The van der Waals surface area contributed by atoms with Crippen molar-refractivity contribution in [3.8, 4) is 0 Å². The van der Waals surface area contributed by atoms with Crippen molar-refractivity contribution in [2.24, 2.45) is 11.7 Å². The van der Waals surface area contributed by atoms with Crippen LogP contribution >= 0.6 is 28.3 Å². The zero-order chi connectivity index (χ0) is 14.9. The summed E-state index contributed by atoms with van der Waals surface area (Å²) in [5, 5.41) is 3.14. The molecule has 0 unspecified atom stereocenters. The molecule has 2 fully saturated rings. The molecule has 0 radical (unpaired) electrons. The van der Waals surface area contributed by atoms with E-state index in [4.69, 9.17) is 5.73 Å². The molecule has 3 rings (SSSR count). The number of halogens is 2. The van der Waals surface area contributed by atoms with Crippen LogP contribution in [0, 0.1) is 5.92 Å². The number of benzene rings is 1. The van der Waals surface area contributed by atoms with Crippen LogP contribution in [0.2, 0.25) is 0 Å². The molecule has 0 aromatic heterocycles. The van der Waals surface area contributed by atoms with Crippen LogP contribution in [0.4, 0.5) is 0 Å².